The summed E-state index contributed by atoms with van der Waals surface area (Å²) in [7, 11) is 0. The Bertz CT molecular complexity index is 3320. The van der Waals surface area contributed by atoms with Crippen molar-refractivity contribution in [3.63, 3.8) is 0 Å². The predicted molar refractivity (Wildman–Crippen MR) is 261 cm³/mol. The van der Waals surface area contributed by atoms with Crippen LogP contribution in [0.25, 0.3) is 33.4 Å². The molecule has 13 rings (SSSR count). The number of benzene rings is 10. The number of hydrogen-bond acceptors (Lipinski definition) is 2. The van der Waals surface area contributed by atoms with Crippen LogP contribution in [0.4, 0.5) is 17.1 Å². The van der Waals surface area contributed by atoms with Gasteiger partial charge in [-0.15, -0.1) is 0 Å². The standard InChI is InChI=1S/C62H41NO/c1-4-18-42(19-5-1)43-32-34-46(35-33-43)63(47-36-38-51-49-24-10-12-26-53(49)61(57(51)40-47,44-20-6-2-7-21-44)45-22-8-3-9-23-45)48-37-39-52-50-25-11-13-27-54(50)62(58(52)41-48)55-28-14-16-30-59(55)64-60-31-17-15-29-56(60)62/h1-41H. The highest BCUT2D eigenvalue weighted by Gasteiger charge is 2.51. The van der Waals surface area contributed by atoms with Crippen molar-refractivity contribution in [2.45, 2.75) is 10.8 Å². The van der Waals surface area contributed by atoms with Crippen LogP contribution in [0.15, 0.2) is 249 Å². The van der Waals surface area contributed by atoms with E-state index in [1.165, 1.54) is 66.8 Å². The molecule has 1 heterocycles. The van der Waals surface area contributed by atoms with E-state index in [1.54, 1.807) is 0 Å². The van der Waals surface area contributed by atoms with Gasteiger partial charge in [0.05, 0.1) is 10.8 Å². The van der Waals surface area contributed by atoms with Gasteiger partial charge < -0.3 is 9.64 Å². The highest BCUT2D eigenvalue weighted by atomic mass is 16.5. The van der Waals surface area contributed by atoms with Gasteiger partial charge >= 0.3 is 0 Å². The maximum absolute atomic E-state index is 6.71. The fraction of sp³-hybridized carbons (Fsp3) is 0.0323. The summed E-state index contributed by atoms with van der Waals surface area (Å²) in [5.74, 6) is 1.78. The van der Waals surface area contributed by atoms with Crippen molar-refractivity contribution in [3.8, 4) is 44.9 Å². The number of nitrogens with zero attached hydrogens (tertiary/aromatic N) is 1. The van der Waals surface area contributed by atoms with Gasteiger partial charge in [0.25, 0.3) is 0 Å². The van der Waals surface area contributed by atoms with Gasteiger partial charge in [0.1, 0.15) is 11.5 Å². The monoisotopic (exact) mass is 815 g/mol. The molecule has 0 N–H and O–H groups in total. The second-order valence-corrected chi connectivity index (χ2v) is 17.1. The van der Waals surface area contributed by atoms with E-state index in [0.717, 1.165) is 39.7 Å². The van der Waals surface area contributed by atoms with Crippen LogP contribution in [0.2, 0.25) is 0 Å². The van der Waals surface area contributed by atoms with Gasteiger partial charge in [-0.05, 0) is 115 Å². The van der Waals surface area contributed by atoms with Gasteiger partial charge in [-0.1, -0.05) is 200 Å². The molecule has 0 atom stereocenters. The minimum atomic E-state index is -0.592. The van der Waals surface area contributed by atoms with Gasteiger partial charge in [0.15, 0.2) is 0 Å². The minimum Gasteiger partial charge on any atom is -0.457 e. The number of para-hydroxylation sites is 2. The van der Waals surface area contributed by atoms with Crippen molar-refractivity contribution in [3.05, 3.63) is 293 Å². The van der Waals surface area contributed by atoms with E-state index in [1.807, 2.05) is 0 Å². The summed E-state index contributed by atoms with van der Waals surface area (Å²) in [6, 6.07) is 91.3. The van der Waals surface area contributed by atoms with E-state index in [0.29, 0.717) is 0 Å². The van der Waals surface area contributed by atoms with Gasteiger partial charge in [0, 0.05) is 28.2 Å². The fourth-order valence-electron chi connectivity index (χ4n) is 11.4. The van der Waals surface area contributed by atoms with Crippen LogP contribution in [-0.4, -0.2) is 0 Å². The highest BCUT2D eigenvalue weighted by molar-refractivity contribution is 5.93. The third-order valence-electron chi connectivity index (χ3n) is 14.0. The fourth-order valence-corrected chi connectivity index (χ4v) is 11.4. The van der Waals surface area contributed by atoms with Crippen LogP contribution in [0.1, 0.15) is 44.5 Å². The molecule has 1 aliphatic heterocycles. The van der Waals surface area contributed by atoms with E-state index in [-0.39, 0.29) is 0 Å². The predicted octanol–water partition coefficient (Wildman–Crippen LogP) is 15.7. The summed E-state index contributed by atoms with van der Waals surface area (Å²) in [5, 5.41) is 0. The summed E-state index contributed by atoms with van der Waals surface area (Å²) >= 11 is 0. The van der Waals surface area contributed by atoms with Gasteiger partial charge in [-0.2, -0.15) is 0 Å². The topological polar surface area (TPSA) is 12.5 Å². The van der Waals surface area contributed by atoms with E-state index in [2.05, 4.69) is 254 Å². The number of rotatable bonds is 6. The summed E-state index contributed by atoms with van der Waals surface area (Å²) in [4.78, 5) is 2.47. The molecule has 0 saturated heterocycles. The molecule has 0 radical (unpaired) electrons. The molecule has 0 aromatic heterocycles. The number of ether oxygens (including phenoxy) is 1. The van der Waals surface area contributed by atoms with Crippen molar-refractivity contribution in [2.24, 2.45) is 0 Å². The zero-order valence-electron chi connectivity index (χ0n) is 35.0. The van der Waals surface area contributed by atoms with E-state index < -0.39 is 10.8 Å². The first-order valence-electron chi connectivity index (χ1n) is 22.2. The summed E-state index contributed by atoms with van der Waals surface area (Å²) in [6.45, 7) is 0. The lowest BCUT2D eigenvalue weighted by Gasteiger charge is -2.39. The molecular weight excluding hydrogens is 775 g/mol. The Morgan fingerprint density at radius 1 is 0.266 bits per heavy atom. The van der Waals surface area contributed by atoms with Crippen LogP contribution in [0.5, 0.6) is 11.5 Å². The summed E-state index contributed by atoms with van der Waals surface area (Å²) in [5.41, 5.74) is 19.4. The molecule has 10 aromatic carbocycles. The Balaban J connectivity index is 1.08. The molecule has 0 bridgehead atoms. The Hall–Kier alpha value is -8.20. The first-order valence-corrected chi connectivity index (χ1v) is 22.2. The number of anilines is 3. The maximum Gasteiger partial charge on any atom is 0.132 e. The molecule has 0 unspecified atom stereocenters. The van der Waals surface area contributed by atoms with Crippen molar-refractivity contribution < 1.29 is 4.74 Å². The Morgan fingerprint density at radius 3 is 1.17 bits per heavy atom. The average molecular weight is 816 g/mol. The third-order valence-corrected chi connectivity index (χ3v) is 14.0. The van der Waals surface area contributed by atoms with Crippen LogP contribution >= 0.6 is 0 Å². The third kappa shape index (κ3) is 5.08. The highest BCUT2D eigenvalue weighted by Crippen LogP contribution is 2.63. The maximum atomic E-state index is 6.71. The van der Waals surface area contributed by atoms with Gasteiger partial charge in [0.2, 0.25) is 0 Å². The largest absolute Gasteiger partial charge is 0.457 e. The molecule has 2 nitrogen and oxygen atoms in total. The molecule has 1 spiro atoms. The lowest BCUT2D eigenvalue weighted by atomic mass is 9.66. The van der Waals surface area contributed by atoms with E-state index in [4.69, 9.17) is 4.74 Å². The van der Waals surface area contributed by atoms with Crippen molar-refractivity contribution in [2.75, 3.05) is 4.90 Å². The SMILES string of the molecule is c1ccc(-c2ccc(N(c3ccc4c(c3)C(c3ccccc3)(c3ccccc3)c3ccccc3-4)c3ccc4c(c3)C3(c5ccccc5Oc5ccccc53)c3ccccc3-4)cc2)cc1. The molecule has 0 saturated carbocycles. The molecule has 300 valence electrons. The van der Waals surface area contributed by atoms with Crippen molar-refractivity contribution in [1.29, 1.82) is 0 Å². The average Bonchev–Trinajstić information content (AvgIpc) is 3.83. The van der Waals surface area contributed by atoms with Crippen LogP contribution in [0, 0.1) is 0 Å². The Kier molecular flexibility index (Phi) is 8.07. The van der Waals surface area contributed by atoms with Crippen molar-refractivity contribution >= 4 is 17.1 Å². The number of fused-ring (bicyclic) bond motifs is 12. The lowest BCUT2D eigenvalue weighted by molar-refractivity contribution is 0.436. The molecule has 10 aromatic rings. The molecule has 0 fully saturated rings. The van der Waals surface area contributed by atoms with Crippen LogP contribution in [0.3, 0.4) is 0 Å². The molecule has 2 aliphatic carbocycles. The number of hydrogen-bond donors (Lipinski definition) is 0. The second-order valence-electron chi connectivity index (χ2n) is 17.1. The van der Waals surface area contributed by atoms with E-state index >= 15 is 0 Å². The molecule has 3 aliphatic rings. The zero-order chi connectivity index (χ0) is 42.2. The molecule has 2 heteroatoms. The summed E-state index contributed by atoms with van der Waals surface area (Å²) in [6.07, 6.45) is 0. The van der Waals surface area contributed by atoms with Gasteiger partial charge in [-0.3, -0.25) is 0 Å². The summed E-state index contributed by atoms with van der Waals surface area (Å²) < 4.78 is 6.71. The van der Waals surface area contributed by atoms with Crippen LogP contribution < -0.4 is 9.64 Å². The first-order chi connectivity index (χ1) is 31.7. The van der Waals surface area contributed by atoms with Crippen LogP contribution in [-0.2, 0) is 10.8 Å². The normalized spacial score (nSPS) is 14.0. The van der Waals surface area contributed by atoms with E-state index in [9.17, 15) is 0 Å². The first kappa shape index (κ1) is 36.5. The molecule has 0 amide bonds. The Labute approximate surface area is 374 Å². The van der Waals surface area contributed by atoms with Gasteiger partial charge in [-0.25, -0.2) is 0 Å². The van der Waals surface area contributed by atoms with Crippen molar-refractivity contribution in [1.82, 2.24) is 0 Å². The Morgan fingerprint density at radius 2 is 0.641 bits per heavy atom. The molecule has 64 heavy (non-hydrogen) atoms. The zero-order valence-corrected chi connectivity index (χ0v) is 35.0. The quantitative estimate of drug-likeness (QED) is 0.166. The lowest BCUT2D eigenvalue weighted by Crippen LogP contribution is -2.32. The minimum absolute atomic E-state index is 0.535. The second kappa shape index (κ2) is 14.2. The smallest absolute Gasteiger partial charge is 0.132 e. The molecular formula is C62H41NO.